The maximum absolute atomic E-state index is 13.3. The van der Waals surface area contributed by atoms with E-state index in [1.54, 1.807) is 11.8 Å². The number of esters is 1. The average Bonchev–Trinajstić information content (AvgIpc) is 3.47. The van der Waals surface area contributed by atoms with Crippen LogP contribution in [0.4, 0.5) is 0 Å². The zero-order valence-electron chi connectivity index (χ0n) is 21.2. The number of H-pyrrole nitrogens is 1. The predicted octanol–water partition coefficient (Wildman–Crippen LogP) is 6.37. The van der Waals surface area contributed by atoms with E-state index in [1.165, 1.54) is 28.6 Å². The number of rotatable bonds is 7. The number of hydrogen-bond acceptors (Lipinski definition) is 6. The third-order valence-corrected chi connectivity index (χ3v) is 10.7. The van der Waals surface area contributed by atoms with Crippen molar-refractivity contribution < 1.29 is 9.53 Å². The molecule has 7 heteroatoms. The smallest absolute Gasteiger partial charge is 0.309 e. The van der Waals surface area contributed by atoms with E-state index >= 15 is 0 Å². The number of para-hydroxylation sites is 1. The summed E-state index contributed by atoms with van der Waals surface area (Å²) in [6.45, 7) is 4.59. The van der Waals surface area contributed by atoms with E-state index in [1.807, 2.05) is 18.4 Å². The number of aromatic amines is 1. The minimum atomic E-state index is -0.600. The number of thioether (sulfide) groups is 1. The first-order valence-electron chi connectivity index (χ1n) is 13.8. The molecule has 4 heterocycles. The minimum Gasteiger partial charge on any atom is -0.465 e. The number of unbranched alkanes of at least 4 members (excludes halogenated alkanes) is 1. The Kier molecular flexibility index (Phi) is 6.71. The lowest BCUT2D eigenvalue weighted by Gasteiger charge is -2.50. The van der Waals surface area contributed by atoms with E-state index < -0.39 is 5.54 Å². The molecule has 3 aliphatic heterocycles. The molecule has 0 spiro atoms. The number of nitrogens with one attached hydrogen (secondary N) is 1. The molecule has 1 saturated heterocycles. The number of nitroso groups, excluding NO2 is 1. The summed E-state index contributed by atoms with van der Waals surface area (Å²) in [6, 6.07) is 9.04. The molecule has 1 aromatic carbocycles. The quantitative estimate of drug-likeness (QED) is 0.268. The SMILES string of the molecule is CC1(N=O)C=CSC1CCCCOC(=O)C1CCCC2CN3CCc4c([nH]c5ccccc45)C3CC21. The van der Waals surface area contributed by atoms with Gasteiger partial charge in [-0.05, 0) is 86.8 Å². The summed E-state index contributed by atoms with van der Waals surface area (Å²) in [6.07, 6.45) is 10.1. The molecule has 1 N–H and O–H groups in total. The van der Waals surface area contributed by atoms with Crippen LogP contribution in [0.1, 0.15) is 69.2 Å². The maximum Gasteiger partial charge on any atom is 0.309 e. The summed E-state index contributed by atoms with van der Waals surface area (Å²) in [5.41, 5.74) is 3.51. The highest BCUT2D eigenvalue weighted by atomic mass is 32.2. The van der Waals surface area contributed by atoms with Gasteiger partial charge in [0, 0.05) is 34.9 Å². The van der Waals surface area contributed by atoms with Gasteiger partial charge in [0.15, 0.2) is 0 Å². The van der Waals surface area contributed by atoms with Crippen molar-refractivity contribution in [3.63, 3.8) is 0 Å². The van der Waals surface area contributed by atoms with Gasteiger partial charge in [-0.3, -0.25) is 9.69 Å². The van der Waals surface area contributed by atoms with Gasteiger partial charge in [-0.25, -0.2) is 0 Å². The fourth-order valence-electron chi connectivity index (χ4n) is 7.32. The summed E-state index contributed by atoms with van der Waals surface area (Å²) in [5.74, 6) is 1.05. The van der Waals surface area contributed by atoms with Gasteiger partial charge in [-0.15, -0.1) is 16.7 Å². The molecule has 6 rings (SSSR count). The molecule has 6 atom stereocenters. The van der Waals surface area contributed by atoms with E-state index in [-0.39, 0.29) is 17.1 Å². The van der Waals surface area contributed by atoms with Gasteiger partial charge in [-0.1, -0.05) is 29.8 Å². The van der Waals surface area contributed by atoms with Crippen LogP contribution in [0.2, 0.25) is 0 Å². The topological polar surface area (TPSA) is 74.8 Å². The fourth-order valence-corrected chi connectivity index (χ4v) is 8.57. The van der Waals surface area contributed by atoms with Crippen molar-refractivity contribution in [2.24, 2.45) is 22.9 Å². The molecule has 4 aliphatic rings. The monoisotopic (exact) mass is 507 g/mol. The van der Waals surface area contributed by atoms with Gasteiger partial charge < -0.3 is 9.72 Å². The lowest BCUT2D eigenvalue weighted by Crippen LogP contribution is -2.50. The summed E-state index contributed by atoms with van der Waals surface area (Å²) < 4.78 is 5.86. The molecular formula is C29H37N3O3S. The number of fused-ring (bicyclic) bond motifs is 6. The summed E-state index contributed by atoms with van der Waals surface area (Å²) in [7, 11) is 0. The second kappa shape index (κ2) is 9.97. The van der Waals surface area contributed by atoms with Crippen molar-refractivity contribution in [1.82, 2.24) is 9.88 Å². The normalized spacial score (nSPS) is 33.6. The number of carbonyl (C=O) groups excluding carboxylic acids is 1. The molecule has 0 radical (unpaired) electrons. The Morgan fingerprint density at radius 2 is 2.17 bits per heavy atom. The van der Waals surface area contributed by atoms with Crippen LogP contribution >= 0.6 is 11.8 Å². The van der Waals surface area contributed by atoms with Crippen molar-refractivity contribution in [3.05, 3.63) is 51.9 Å². The highest BCUT2D eigenvalue weighted by molar-refractivity contribution is 8.03. The standard InChI is InChI=1S/C29H37N3O3S/c1-29(31-34)13-16-36-26(29)11-4-5-15-35-28(33)22-9-6-7-19-18-32-14-12-21-20-8-2-3-10-24(20)30-27(21)25(32)17-23(19)22/h2-3,8,10,13,16,19,22-23,25-26,30H,4-7,9,11-12,14-15,17-18H2,1H3. The van der Waals surface area contributed by atoms with Crippen LogP contribution in [0, 0.1) is 22.7 Å². The molecule has 1 saturated carbocycles. The molecule has 36 heavy (non-hydrogen) atoms. The first kappa shape index (κ1) is 24.2. The maximum atomic E-state index is 13.3. The van der Waals surface area contributed by atoms with Gasteiger partial charge in [0.25, 0.3) is 0 Å². The van der Waals surface area contributed by atoms with Gasteiger partial charge in [0.05, 0.1) is 18.6 Å². The fraction of sp³-hybridized carbons (Fsp3) is 0.621. The van der Waals surface area contributed by atoms with Crippen LogP contribution in [0.5, 0.6) is 0 Å². The number of hydrogen-bond donors (Lipinski definition) is 1. The summed E-state index contributed by atoms with van der Waals surface area (Å²) in [5, 5.41) is 6.88. The lowest BCUT2D eigenvalue weighted by molar-refractivity contribution is -0.155. The van der Waals surface area contributed by atoms with Gasteiger partial charge >= 0.3 is 5.97 Å². The lowest BCUT2D eigenvalue weighted by atomic mass is 9.66. The summed E-state index contributed by atoms with van der Waals surface area (Å²) in [4.78, 5) is 30.9. The number of carbonyl (C=O) groups is 1. The highest BCUT2D eigenvalue weighted by Crippen LogP contribution is 2.49. The summed E-state index contributed by atoms with van der Waals surface area (Å²) >= 11 is 1.69. The van der Waals surface area contributed by atoms with E-state index in [9.17, 15) is 9.70 Å². The molecule has 2 fully saturated rings. The molecular weight excluding hydrogens is 470 g/mol. The first-order chi connectivity index (χ1) is 17.6. The number of piperidine rings is 1. The molecule has 6 nitrogen and oxygen atoms in total. The minimum absolute atomic E-state index is 0.0159. The molecule has 0 amide bonds. The third kappa shape index (κ3) is 4.32. The van der Waals surface area contributed by atoms with Crippen LogP contribution in [-0.4, -0.2) is 46.3 Å². The van der Waals surface area contributed by atoms with Gasteiger partial charge in [-0.2, -0.15) is 0 Å². The van der Waals surface area contributed by atoms with Crippen LogP contribution in [-0.2, 0) is 16.0 Å². The number of aromatic nitrogens is 1. The van der Waals surface area contributed by atoms with Crippen molar-refractivity contribution in [2.45, 2.75) is 75.1 Å². The van der Waals surface area contributed by atoms with Crippen LogP contribution in [0.3, 0.4) is 0 Å². The largest absolute Gasteiger partial charge is 0.465 e. The van der Waals surface area contributed by atoms with E-state index in [0.29, 0.717) is 24.5 Å². The second-order valence-corrected chi connectivity index (χ2v) is 12.5. The van der Waals surface area contributed by atoms with Crippen molar-refractivity contribution in [2.75, 3.05) is 19.7 Å². The molecule has 6 unspecified atom stereocenters. The second-order valence-electron chi connectivity index (χ2n) is 11.4. The Labute approximate surface area is 217 Å². The zero-order chi connectivity index (χ0) is 24.7. The first-order valence-corrected chi connectivity index (χ1v) is 14.7. The van der Waals surface area contributed by atoms with Crippen molar-refractivity contribution in [1.29, 1.82) is 0 Å². The zero-order valence-corrected chi connectivity index (χ0v) is 22.0. The Bertz CT molecular complexity index is 1160. The predicted molar refractivity (Wildman–Crippen MR) is 145 cm³/mol. The molecule has 1 aliphatic carbocycles. The molecule has 192 valence electrons. The number of benzene rings is 1. The van der Waals surface area contributed by atoms with Crippen LogP contribution in [0.15, 0.2) is 40.9 Å². The van der Waals surface area contributed by atoms with E-state index in [0.717, 1.165) is 58.0 Å². The molecule has 1 aromatic heterocycles. The highest BCUT2D eigenvalue weighted by Gasteiger charge is 2.46. The van der Waals surface area contributed by atoms with Crippen LogP contribution < -0.4 is 0 Å². The Morgan fingerprint density at radius 1 is 1.28 bits per heavy atom. The molecule has 0 bridgehead atoms. The number of nitrogens with zero attached hydrogens (tertiary/aromatic N) is 2. The van der Waals surface area contributed by atoms with Crippen LogP contribution in [0.25, 0.3) is 10.9 Å². The molecule has 2 aromatic rings. The Morgan fingerprint density at radius 3 is 3.06 bits per heavy atom. The van der Waals surface area contributed by atoms with Crippen molar-refractivity contribution >= 4 is 28.6 Å². The number of ether oxygens (including phenoxy) is 1. The third-order valence-electron chi connectivity index (χ3n) is 9.35. The average molecular weight is 508 g/mol. The van der Waals surface area contributed by atoms with Crippen molar-refractivity contribution in [3.8, 4) is 0 Å². The Balaban J connectivity index is 1.07. The van der Waals surface area contributed by atoms with Gasteiger partial charge in [0.1, 0.15) is 5.54 Å². The van der Waals surface area contributed by atoms with E-state index in [4.69, 9.17) is 4.74 Å². The Hall–Kier alpha value is -2.12. The van der Waals surface area contributed by atoms with E-state index in [2.05, 4.69) is 39.3 Å². The van der Waals surface area contributed by atoms with Gasteiger partial charge in [0.2, 0.25) is 0 Å².